The van der Waals surface area contributed by atoms with E-state index in [-0.39, 0.29) is 24.7 Å². The summed E-state index contributed by atoms with van der Waals surface area (Å²) in [6.07, 6.45) is -2.34. The Morgan fingerprint density at radius 2 is 1.88 bits per heavy atom. The van der Waals surface area contributed by atoms with Gasteiger partial charge in [-0.3, -0.25) is 0 Å². The first-order valence-electron chi connectivity index (χ1n) is 7.98. The maximum absolute atomic E-state index is 13.2. The van der Waals surface area contributed by atoms with E-state index in [0.717, 1.165) is 16.9 Å². The van der Waals surface area contributed by atoms with Crippen molar-refractivity contribution in [3.63, 3.8) is 0 Å². The second-order valence-electron chi connectivity index (χ2n) is 6.45. The van der Waals surface area contributed by atoms with Crippen LogP contribution in [0.15, 0.2) is 18.3 Å². The van der Waals surface area contributed by atoms with Crippen molar-refractivity contribution in [2.75, 3.05) is 0 Å². The van der Waals surface area contributed by atoms with Gasteiger partial charge in [-0.15, -0.1) is 0 Å². The lowest BCUT2D eigenvalue weighted by molar-refractivity contribution is -0.141. The van der Waals surface area contributed by atoms with Crippen LogP contribution in [-0.2, 0) is 12.6 Å². The van der Waals surface area contributed by atoms with Crippen LogP contribution in [0.2, 0.25) is 0 Å². The molecule has 0 amide bonds. The normalized spacial score (nSPS) is 18.5. The first kappa shape index (κ1) is 17.8. The van der Waals surface area contributed by atoms with Crippen molar-refractivity contribution in [2.45, 2.75) is 51.1 Å². The van der Waals surface area contributed by atoms with Crippen molar-refractivity contribution in [1.29, 1.82) is 0 Å². The number of alkyl halides is 5. The molecule has 0 bridgehead atoms. The van der Waals surface area contributed by atoms with Crippen LogP contribution in [0.3, 0.4) is 0 Å². The molecule has 136 valence electrons. The predicted octanol–water partition coefficient (Wildman–Crippen LogP) is 4.36. The van der Waals surface area contributed by atoms with Gasteiger partial charge in [-0.25, -0.2) is 23.4 Å². The highest BCUT2D eigenvalue weighted by molar-refractivity contribution is 5.20. The molecule has 1 aliphatic rings. The minimum atomic E-state index is -4.54. The van der Waals surface area contributed by atoms with Gasteiger partial charge in [-0.1, -0.05) is 0 Å². The van der Waals surface area contributed by atoms with Gasteiger partial charge in [-0.05, 0) is 44.2 Å². The molecule has 9 heteroatoms. The Morgan fingerprint density at radius 3 is 2.48 bits per heavy atom. The van der Waals surface area contributed by atoms with Gasteiger partial charge in [0.1, 0.15) is 0 Å². The summed E-state index contributed by atoms with van der Waals surface area (Å²) in [5.74, 6) is -2.46. The van der Waals surface area contributed by atoms with Crippen LogP contribution in [0.1, 0.15) is 42.8 Å². The van der Waals surface area contributed by atoms with Crippen molar-refractivity contribution >= 4 is 0 Å². The van der Waals surface area contributed by atoms with Crippen LogP contribution in [0.25, 0.3) is 5.95 Å². The Kier molecular flexibility index (Phi) is 4.51. The van der Waals surface area contributed by atoms with E-state index >= 15 is 0 Å². The number of rotatable bonds is 3. The SMILES string of the molecule is Cc1cc(CC2CCC(F)(F)CC2)nc(-n2ccc(C(F)(F)F)n2)n1. The Bertz CT molecular complexity index is 743. The molecular formula is C16H17F5N4. The Labute approximate surface area is 141 Å². The topological polar surface area (TPSA) is 43.6 Å². The van der Waals surface area contributed by atoms with E-state index < -0.39 is 17.8 Å². The van der Waals surface area contributed by atoms with E-state index in [4.69, 9.17) is 0 Å². The van der Waals surface area contributed by atoms with E-state index in [9.17, 15) is 22.0 Å². The third-order valence-electron chi connectivity index (χ3n) is 4.31. The van der Waals surface area contributed by atoms with E-state index in [2.05, 4.69) is 15.1 Å². The molecule has 3 rings (SSSR count). The Hall–Kier alpha value is -2.06. The fourth-order valence-electron chi connectivity index (χ4n) is 3.01. The van der Waals surface area contributed by atoms with E-state index in [1.165, 1.54) is 0 Å². The number of hydrogen-bond acceptors (Lipinski definition) is 3. The van der Waals surface area contributed by atoms with Gasteiger partial charge in [0.25, 0.3) is 5.95 Å². The minimum absolute atomic E-state index is 0.0478. The summed E-state index contributed by atoms with van der Waals surface area (Å²) in [5, 5.41) is 3.47. The standard InChI is InChI=1S/C16H17F5N4/c1-10-8-12(9-11-2-5-15(17,18)6-3-11)23-14(22-10)25-7-4-13(24-25)16(19,20)21/h4,7-8,11H,2-3,5-6,9H2,1H3. The number of hydrogen-bond donors (Lipinski definition) is 0. The third kappa shape index (κ3) is 4.32. The number of nitrogens with zero attached hydrogens (tertiary/aromatic N) is 4. The molecule has 0 radical (unpaired) electrons. The molecule has 0 aliphatic heterocycles. The number of halogens is 5. The van der Waals surface area contributed by atoms with Crippen molar-refractivity contribution in [3.05, 3.63) is 35.4 Å². The van der Waals surface area contributed by atoms with Crippen LogP contribution in [0.4, 0.5) is 22.0 Å². The van der Waals surface area contributed by atoms with E-state index in [1.54, 1.807) is 13.0 Å². The molecule has 1 aliphatic carbocycles. The molecule has 0 N–H and O–H groups in total. The lowest BCUT2D eigenvalue weighted by Gasteiger charge is -2.28. The van der Waals surface area contributed by atoms with Gasteiger partial charge >= 0.3 is 6.18 Å². The van der Waals surface area contributed by atoms with Crippen LogP contribution >= 0.6 is 0 Å². The maximum Gasteiger partial charge on any atom is 0.435 e. The van der Waals surface area contributed by atoms with Crippen LogP contribution in [0.5, 0.6) is 0 Å². The van der Waals surface area contributed by atoms with Gasteiger partial charge in [0.2, 0.25) is 5.92 Å². The molecule has 0 aromatic carbocycles. The van der Waals surface area contributed by atoms with Crippen molar-refractivity contribution in [3.8, 4) is 5.95 Å². The molecule has 1 saturated carbocycles. The summed E-state index contributed by atoms with van der Waals surface area (Å²) >= 11 is 0. The molecule has 0 saturated heterocycles. The lowest BCUT2D eigenvalue weighted by Crippen LogP contribution is -2.25. The summed E-state index contributed by atoms with van der Waals surface area (Å²) in [6, 6.07) is 2.58. The van der Waals surface area contributed by atoms with Crippen LogP contribution in [0, 0.1) is 12.8 Å². The molecule has 1 fully saturated rings. The first-order valence-corrected chi connectivity index (χ1v) is 7.98. The zero-order valence-electron chi connectivity index (χ0n) is 13.5. The summed E-state index contributed by atoms with van der Waals surface area (Å²) in [4.78, 5) is 8.38. The molecule has 2 aromatic heterocycles. The average Bonchev–Trinajstić information content (AvgIpc) is 2.99. The Balaban J connectivity index is 1.78. The predicted molar refractivity (Wildman–Crippen MR) is 79.5 cm³/mol. The summed E-state index contributed by atoms with van der Waals surface area (Å²) in [7, 11) is 0. The van der Waals surface area contributed by atoms with E-state index in [0.29, 0.717) is 30.7 Å². The lowest BCUT2D eigenvalue weighted by atomic mass is 9.84. The smallest absolute Gasteiger partial charge is 0.216 e. The number of aryl methyl sites for hydroxylation is 1. The summed E-state index contributed by atoms with van der Waals surface area (Å²) < 4.78 is 65.5. The zero-order chi connectivity index (χ0) is 18.2. The zero-order valence-corrected chi connectivity index (χ0v) is 13.5. The van der Waals surface area contributed by atoms with Crippen LogP contribution < -0.4 is 0 Å². The fraction of sp³-hybridized carbons (Fsp3) is 0.562. The van der Waals surface area contributed by atoms with Gasteiger partial charge in [0.15, 0.2) is 5.69 Å². The molecule has 4 nitrogen and oxygen atoms in total. The molecule has 25 heavy (non-hydrogen) atoms. The first-order chi connectivity index (χ1) is 11.6. The van der Waals surface area contributed by atoms with Gasteiger partial charge in [0, 0.05) is 30.4 Å². The molecule has 2 heterocycles. The monoisotopic (exact) mass is 360 g/mol. The van der Waals surface area contributed by atoms with Crippen molar-refractivity contribution in [1.82, 2.24) is 19.7 Å². The van der Waals surface area contributed by atoms with Crippen molar-refractivity contribution in [2.24, 2.45) is 5.92 Å². The highest BCUT2D eigenvalue weighted by Crippen LogP contribution is 2.37. The summed E-state index contributed by atoms with van der Waals surface area (Å²) in [5.41, 5.74) is 0.195. The molecule has 0 atom stereocenters. The molecular weight excluding hydrogens is 343 g/mol. The average molecular weight is 360 g/mol. The fourth-order valence-corrected chi connectivity index (χ4v) is 3.01. The highest BCUT2D eigenvalue weighted by Gasteiger charge is 2.35. The van der Waals surface area contributed by atoms with Crippen LogP contribution in [-0.4, -0.2) is 25.7 Å². The van der Waals surface area contributed by atoms with Gasteiger partial charge < -0.3 is 0 Å². The highest BCUT2D eigenvalue weighted by atomic mass is 19.4. The largest absolute Gasteiger partial charge is 0.435 e. The second-order valence-corrected chi connectivity index (χ2v) is 6.45. The van der Waals surface area contributed by atoms with E-state index in [1.807, 2.05) is 0 Å². The second kappa shape index (κ2) is 6.34. The van der Waals surface area contributed by atoms with Gasteiger partial charge in [0.05, 0.1) is 0 Å². The van der Waals surface area contributed by atoms with Gasteiger partial charge in [-0.2, -0.15) is 18.3 Å². The third-order valence-corrected chi connectivity index (χ3v) is 4.31. The maximum atomic E-state index is 13.2. The Morgan fingerprint density at radius 1 is 1.20 bits per heavy atom. The van der Waals surface area contributed by atoms with Crippen molar-refractivity contribution < 1.29 is 22.0 Å². The minimum Gasteiger partial charge on any atom is -0.216 e. The summed E-state index contributed by atoms with van der Waals surface area (Å²) in [6.45, 7) is 1.71. The molecule has 2 aromatic rings. The molecule has 0 unspecified atom stereocenters. The number of aromatic nitrogens is 4. The quantitative estimate of drug-likeness (QED) is 0.764. The molecule has 0 spiro atoms.